The van der Waals surface area contributed by atoms with Gasteiger partial charge in [-0.25, -0.2) is 0 Å². The number of benzene rings is 2. The first-order chi connectivity index (χ1) is 18.0. The van der Waals surface area contributed by atoms with Crippen LogP contribution < -0.4 is 10.2 Å². The molecule has 190 valence electrons. The maximum atomic E-state index is 13.5. The molecule has 0 radical (unpaired) electrons. The van der Waals surface area contributed by atoms with Crippen LogP contribution in [0.4, 0.5) is 5.69 Å². The molecule has 0 saturated carbocycles. The molecule has 1 atom stereocenters. The van der Waals surface area contributed by atoms with Gasteiger partial charge in [0.05, 0.1) is 23.5 Å². The van der Waals surface area contributed by atoms with Gasteiger partial charge in [0.25, 0.3) is 5.91 Å². The molecule has 1 unspecified atom stereocenters. The van der Waals surface area contributed by atoms with Crippen molar-refractivity contribution in [2.24, 2.45) is 0 Å². The Morgan fingerprint density at radius 1 is 1.05 bits per heavy atom. The van der Waals surface area contributed by atoms with Crippen molar-refractivity contribution in [2.75, 3.05) is 18.5 Å². The zero-order valence-electron chi connectivity index (χ0n) is 21.6. The zero-order chi connectivity index (χ0) is 25.7. The molecule has 6 rings (SSSR count). The summed E-state index contributed by atoms with van der Waals surface area (Å²) in [6, 6.07) is 20.7. The summed E-state index contributed by atoms with van der Waals surface area (Å²) >= 11 is 0. The minimum absolute atomic E-state index is 0.0223. The average Bonchev–Trinajstić information content (AvgIpc) is 3.52. The number of rotatable bonds is 6. The number of para-hydroxylation sites is 2. The summed E-state index contributed by atoms with van der Waals surface area (Å²) in [5.41, 5.74) is 6.33. The van der Waals surface area contributed by atoms with Crippen molar-refractivity contribution in [3.8, 4) is 0 Å². The number of hydrogen-bond acceptors (Lipinski definition) is 3. The van der Waals surface area contributed by atoms with E-state index in [9.17, 15) is 9.59 Å². The third-order valence-corrected chi connectivity index (χ3v) is 7.86. The molecule has 2 aliphatic heterocycles. The van der Waals surface area contributed by atoms with Crippen molar-refractivity contribution in [3.05, 3.63) is 89.4 Å². The second-order valence-corrected chi connectivity index (χ2v) is 10.3. The maximum absolute atomic E-state index is 13.5. The second-order valence-electron chi connectivity index (χ2n) is 10.3. The molecule has 2 aromatic carbocycles. The molecule has 0 spiro atoms. The molecule has 7 heteroatoms. The number of fused-ring (bicyclic) bond motifs is 6. The molecule has 0 bridgehead atoms. The van der Waals surface area contributed by atoms with Crippen LogP contribution in [0.3, 0.4) is 0 Å². The van der Waals surface area contributed by atoms with Crippen LogP contribution in [0.2, 0.25) is 0 Å². The predicted molar refractivity (Wildman–Crippen MR) is 146 cm³/mol. The Labute approximate surface area is 217 Å². The molecule has 2 amide bonds. The molecular weight excluding hydrogens is 462 g/mol. The summed E-state index contributed by atoms with van der Waals surface area (Å²) < 4.78 is 4.45. The van der Waals surface area contributed by atoms with Crippen molar-refractivity contribution in [3.63, 3.8) is 0 Å². The van der Waals surface area contributed by atoms with E-state index in [1.54, 1.807) is 0 Å². The van der Waals surface area contributed by atoms with Gasteiger partial charge in [-0.15, -0.1) is 0 Å². The molecule has 0 saturated heterocycles. The van der Waals surface area contributed by atoms with Gasteiger partial charge < -0.3 is 24.3 Å². The SMILES string of the molecule is CC(C)n1cccc1CNC(=O)CCn1c2c(c3ccccc31)CCN1C(=O)c3ccccc3N(C)C21. The van der Waals surface area contributed by atoms with Gasteiger partial charge in [-0.3, -0.25) is 9.59 Å². The van der Waals surface area contributed by atoms with Gasteiger partial charge >= 0.3 is 0 Å². The number of carbonyl (C=O) groups excluding carboxylic acids is 2. The largest absolute Gasteiger partial charge is 0.350 e. The topological polar surface area (TPSA) is 62.5 Å². The summed E-state index contributed by atoms with van der Waals surface area (Å²) in [5, 5.41) is 4.32. The lowest BCUT2D eigenvalue weighted by atomic mass is 9.96. The van der Waals surface area contributed by atoms with Crippen molar-refractivity contribution < 1.29 is 9.59 Å². The Morgan fingerprint density at radius 2 is 1.84 bits per heavy atom. The fourth-order valence-corrected chi connectivity index (χ4v) is 6.12. The molecule has 0 fully saturated rings. The highest BCUT2D eigenvalue weighted by Gasteiger charge is 2.42. The lowest BCUT2D eigenvalue weighted by Gasteiger charge is -2.46. The van der Waals surface area contributed by atoms with Crippen molar-refractivity contribution in [2.45, 2.75) is 52.0 Å². The summed E-state index contributed by atoms with van der Waals surface area (Å²) in [4.78, 5) is 30.7. The van der Waals surface area contributed by atoms with Gasteiger partial charge in [0.15, 0.2) is 0 Å². The van der Waals surface area contributed by atoms with E-state index < -0.39 is 0 Å². The van der Waals surface area contributed by atoms with Crippen LogP contribution in [-0.4, -0.2) is 39.4 Å². The highest BCUT2D eigenvalue weighted by molar-refractivity contribution is 6.02. The van der Waals surface area contributed by atoms with E-state index in [1.807, 2.05) is 41.3 Å². The standard InChI is InChI=1S/C30H33N5O2/c1-20(2)33-16-8-9-21(33)19-31-27(36)15-18-34-26-13-7-4-10-22(26)23-14-17-35-29(28(23)34)32(3)25-12-6-5-11-24(25)30(35)37/h4-13,16,20,29H,14-15,17-19H2,1-3H3,(H,31,36). The fraction of sp³-hybridized carbons (Fsp3) is 0.333. The van der Waals surface area contributed by atoms with Crippen molar-refractivity contribution >= 4 is 28.4 Å². The van der Waals surface area contributed by atoms with E-state index >= 15 is 0 Å². The maximum Gasteiger partial charge on any atom is 0.257 e. The summed E-state index contributed by atoms with van der Waals surface area (Å²) in [7, 11) is 2.07. The number of aryl methyl sites for hydroxylation is 1. The first-order valence-electron chi connectivity index (χ1n) is 13.1. The van der Waals surface area contributed by atoms with Crippen LogP contribution in [0, 0.1) is 0 Å². The number of nitrogens with one attached hydrogen (secondary N) is 1. The van der Waals surface area contributed by atoms with Crippen LogP contribution >= 0.6 is 0 Å². The zero-order valence-corrected chi connectivity index (χ0v) is 21.6. The van der Waals surface area contributed by atoms with Gasteiger partial charge in [-0.1, -0.05) is 30.3 Å². The van der Waals surface area contributed by atoms with E-state index in [0.717, 1.165) is 34.6 Å². The molecule has 1 N–H and O–H groups in total. The van der Waals surface area contributed by atoms with E-state index in [-0.39, 0.29) is 18.0 Å². The smallest absolute Gasteiger partial charge is 0.257 e. The quantitative estimate of drug-likeness (QED) is 0.415. The average molecular weight is 496 g/mol. The Hall–Kier alpha value is -4.00. The van der Waals surface area contributed by atoms with Gasteiger partial charge in [-0.2, -0.15) is 0 Å². The molecule has 0 aliphatic carbocycles. The third-order valence-electron chi connectivity index (χ3n) is 7.86. The monoisotopic (exact) mass is 495 g/mol. The minimum atomic E-state index is -0.198. The summed E-state index contributed by atoms with van der Waals surface area (Å²) in [5.74, 6) is 0.0983. The van der Waals surface area contributed by atoms with Crippen LogP contribution in [0.5, 0.6) is 0 Å². The Balaban J connectivity index is 1.31. The van der Waals surface area contributed by atoms with Crippen molar-refractivity contribution in [1.82, 2.24) is 19.4 Å². The van der Waals surface area contributed by atoms with E-state index in [0.29, 0.717) is 32.1 Å². The van der Waals surface area contributed by atoms with Gasteiger partial charge in [0, 0.05) is 55.4 Å². The van der Waals surface area contributed by atoms with Gasteiger partial charge in [-0.05, 0) is 56.2 Å². The molecular formula is C30H33N5O2. The molecule has 37 heavy (non-hydrogen) atoms. The summed E-state index contributed by atoms with van der Waals surface area (Å²) in [6.07, 6.45) is 3.03. The number of amides is 2. The second kappa shape index (κ2) is 9.14. The Kier molecular flexibility index (Phi) is 5.78. The van der Waals surface area contributed by atoms with Crippen molar-refractivity contribution in [1.29, 1.82) is 0 Å². The number of anilines is 1. The first-order valence-corrected chi connectivity index (χ1v) is 13.1. The van der Waals surface area contributed by atoms with Crippen LogP contribution in [0.1, 0.15) is 59.8 Å². The van der Waals surface area contributed by atoms with E-state index in [4.69, 9.17) is 0 Å². The Bertz CT molecular complexity index is 1500. The number of aromatic nitrogens is 2. The van der Waals surface area contributed by atoms with E-state index in [1.165, 1.54) is 10.9 Å². The Morgan fingerprint density at radius 3 is 2.68 bits per heavy atom. The third kappa shape index (κ3) is 3.80. The van der Waals surface area contributed by atoms with Crippen LogP contribution in [0.15, 0.2) is 66.9 Å². The molecule has 7 nitrogen and oxygen atoms in total. The normalized spacial score (nSPS) is 16.6. The molecule has 4 heterocycles. The number of nitrogens with zero attached hydrogens (tertiary/aromatic N) is 4. The highest BCUT2D eigenvalue weighted by atomic mass is 16.2. The minimum Gasteiger partial charge on any atom is -0.350 e. The highest BCUT2D eigenvalue weighted by Crippen LogP contribution is 2.44. The lowest BCUT2D eigenvalue weighted by Crippen LogP contribution is -2.51. The lowest BCUT2D eigenvalue weighted by molar-refractivity contribution is -0.121. The number of carbonyl (C=O) groups is 2. The molecule has 2 aliphatic rings. The van der Waals surface area contributed by atoms with Gasteiger partial charge in [0.2, 0.25) is 5.91 Å². The molecule has 4 aromatic rings. The van der Waals surface area contributed by atoms with Gasteiger partial charge in [0.1, 0.15) is 6.17 Å². The first kappa shape index (κ1) is 23.4. The fourth-order valence-electron chi connectivity index (χ4n) is 6.12. The van der Waals surface area contributed by atoms with Crippen LogP contribution in [0.25, 0.3) is 10.9 Å². The number of hydrogen-bond donors (Lipinski definition) is 1. The molecule has 2 aromatic heterocycles. The van der Waals surface area contributed by atoms with Crippen LogP contribution in [-0.2, 0) is 24.3 Å². The van der Waals surface area contributed by atoms with E-state index in [2.05, 4.69) is 70.7 Å². The predicted octanol–water partition coefficient (Wildman–Crippen LogP) is 4.88. The summed E-state index contributed by atoms with van der Waals surface area (Å²) in [6.45, 7) is 6.03.